The van der Waals surface area contributed by atoms with Crippen LogP contribution >= 0.6 is 11.8 Å². The van der Waals surface area contributed by atoms with Crippen LogP contribution in [0.5, 0.6) is 0 Å². The van der Waals surface area contributed by atoms with Gasteiger partial charge in [-0.3, -0.25) is 0 Å². The summed E-state index contributed by atoms with van der Waals surface area (Å²) in [4.78, 5) is 6.89. The van der Waals surface area contributed by atoms with Crippen molar-refractivity contribution in [1.82, 2.24) is 10.3 Å². The number of hydrogen-bond donors (Lipinski definition) is 1. The molecule has 3 nitrogen and oxygen atoms in total. The second kappa shape index (κ2) is 7.50. The summed E-state index contributed by atoms with van der Waals surface area (Å²) in [5.74, 6) is 2.39. The second-order valence-electron chi connectivity index (χ2n) is 6.15. The Balaban J connectivity index is 1.47. The fraction of sp³-hybridized carbons (Fsp3) is 0.706. The average molecular weight is 305 g/mol. The minimum absolute atomic E-state index is 0.702. The predicted molar refractivity (Wildman–Crippen MR) is 92.2 cm³/mol. The van der Waals surface area contributed by atoms with Gasteiger partial charge in [-0.05, 0) is 43.6 Å². The molecule has 4 heteroatoms. The lowest BCUT2D eigenvalue weighted by molar-refractivity contribution is 0.370. The van der Waals surface area contributed by atoms with Crippen LogP contribution < -0.4 is 10.2 Å². The first-order valence-electron chi connectivity index (χ1n) is 8.40. The Bertz CT molecular complexity index is 417. The molecule has 1 aromatic rings. The molecule has 1 aliphatic heterocycles. The molecular formula is C17H27N3S. The summed E-state index contributed by atoms with van der Waals surface area (Å²) < 4.78 is 0. The van der Waals surface area contributed by atoms with E-state index >= 15 is 0 Å². The van der Waals surface area contributed by atoms with E-state index in [0.29, 0.717) is 6.04 Å². The molecule has 116 valence electrons. The highest BCUT2D eigenvalue weighted by Gasteiger charge is 2.30. The van der Waals surface area contributed by atoms with Crippen LogP contribution in [0.2, 0.25) is 0 Å². The van der Waals surface area contributed by atoms with Crippen LogP contribution in [0.1, 0.15) is 39.0 Å². The van der Waals surface area contributed by atoms with E-state index < -0.39 is 0 Å². The Hall–Kier alpha value is -0.740. The van der Waals surface area contributed by atoms with Gasteiger partial charge in [-0.1, -0.05) is 19.4 Å². The summed E-state index contributed by atoms with van der Waals surface area (Å²) in [6.07, 6.45) is 8.57. The summed E-state index contributed by atoms with van der Waals surface area (Å²) in [6.45, 7) is 4.55. The first kappa shape index (κ1) is 15.2. The van der Waals surface area contributed by atoms with Gasteiger partial charge in [0.2, 0.25) is 0 Å². The van der Waals surface area contributed by atoms with E-state index in [4.69, 9.17) is 0 Å². The van der Waals surface area contributed by atoms with Crippen molar-refractivity contribution < 1.29 is 0 Å². The molecule has 1 saturated carbocycles. The summed E-state index contributed by atoms with van der Waals surface area (Å²) in [6, 6.07) is 7.65. The number of nitrogens with one attached hydrogen (secondary N) is 1. The molecule has 0 bridgehead atoms. The Morgan fingerprint density at radius 1 is 1.24 bits per heavy atom. The summed E-state index contributed by atoms with van der Waals surface area (Å²) in [5.41, 5.74) is 0. The van der Waals surface area contributed by atoms with Crippen LogP contribution in [0.4, 0.5) is 5.82 Å². The molecule has 0 amide bonds. The Morgan fingerprint density at radius 3 is 2.81 bits per heavy atom. The highest BCUT2D eigenvalue weighted by Crippen LogP contribution is 2.31. The molecule has 0 spiro atoms. The molecule has 2 unspecified atom stereocenters. The van der Waals surface area contributed by atoms with Crippen molar-refractivity contribution in [2.45, 2.75) is 56.4 Å². The number of pyridine rings is 1. The third-order valence-electron chi connectivity index (χ3n) is 4.75. The molecule has 1 N–H and O–H groups in total. The molecule has 2 heterocycles. The van der Waals surface area contributed by atoms with Crippen LogP contribution in [0.15, 0.2) is 24.4 Å². The van der Waals surface area contributed by atoms with E-state index in [1.54, 1.807) is 0 Å². The molecule has 1 aliphatic carbocycles. The highest BCUT2D eigenvalue weighted by atomic mass is 32.2. The molecule has 0 aromatic carbocycles. The Morgan fingerprint density at radius 2 is 2.10 bits per heavy atom. The van der Waals surface area contributed by atoms with Gasteiger partial charge in [0.1, 0.15) is 5.82 Å². The number of nitrogens with zero attached hydrogens (tertiary/aromatic N) is 2. The number of hydrogen-bond acceptors (Lipinski definition) is 4. The minimum atomic E-state index is 0.702. The molecule has 2 aliphatic rings. The second-order valence-corrected chi connectivity index (χ2v) is 7.66. The van der Waals surface area contributed by atoms with E-state index in [9.17, 15) is 0 Å². The standard InChI is InChI=1S/C17H27N3S/c1-2-21-16-7-5-6-15(16)19-14-9-12-20(13-10-14)17-8-3-4-11-18-17/h3-4,8,11,14-16,19H,2,5-7,9-10,12-13H2,1H3. The van der Waals surface area contributed by atoms with Crippen LogP contribution in [0.25, 0.3) is 0 Å². The molecule has 1 aromatic heterocycles. The van der Waals surface area contributed by atoms with Gasteiger partial charge in [-0.15, -0.1) is 0 Å². The quantitative estimate of drug-likeness (QED) is 0.903. The van der Waals surface area contributed by atoms with E-state index in [1.807, 2.05) is 12.3 Å². The smallest absolute Gasteiger partial charge is 0.128 e. The first-order chi connectivity index (χ1) is 10.4. The van der Waals surface area contributed by atoms with E-state index in [-0.39, 0.29) is 0 Å². The Labute approximate surface area is 132 Å². The third kappa shape index (κ3) is 3.92. The maximum absolute atomic E-state index is 4.47. The zero-order valence-electron chi connectivity index (χ0n) is 13.0. The summed E-state index contributed by atoms with van der Waals surface area (Å²) in [7, 11) is 0. The van der Waals surface area contributed by atoms with Crippen LogP contribution in [0.3, 0.4) is 0 Å². The minimum Gasteiger partial charge on any atom is -0.357 e. The van der Waals surface area contributed by atoms with E-state index in [1.165, 1.54) is 37.9 Å². The van der Waals surface area contributed by atoms with Gasteiger partial charge < -0.3 is 10.2 Å². The van der Waals surface area contributed by atoms with Gasteiger partial charge in [0.25, 0.3) is 0 Å². The predicted octanol–water partition coefficient (Wildman–Crippen LogP) is 3.31. The van der Waals surface area contributed by atoms with E-state index in [0.717, 1.165) is 30.2 Å². The van der Waals surface area contributed by atoms with Crippen molar-refractivity contribution in [1.29, 1.82) is 0 Å². The maximum atomic E-state index is 4.47. The monoisotopic (exact) mass is 305 g/mol. The van der Waals surface area contributed by atoms with Gasteiger partial charge in [0.15, 0.2) is 0 Å². The van der Waals surface area contributed by atoms with Crippen molar-refractivity contribution >= 4 is 17.6 Å². The third-order valence-corrected chi connectivity index (χ3v) is 6.08. The normalized spacial score (nSPS) is 27.2. The molecule has 2 fully saturated rings. The average Bonchev–Trinajstić information content (AvgIpc) is 2.96. The van der Waals surface area contributed by atoms with Crippen molar-refractivity contribution in [2.24, 2.45) is 0 Å². The van der Waals surface area contributed by atoms with Crippen molar-refractivity contribution in [2.75, 3.05) is 23.7 Å². The molecule has 0 radical (unpaired) electrons. The molecule has 1 saturated heterocycles. The van der Waals surface area contributed by atoms with Crippen LogP contribution in [-0.2, 0) is 0 Å². The number of rotatable bonds is 5. The van der Waals surface area contributed by atoms with Crippen LogP contribution in [0, 0.1) is 0 Å². The van der Waals surface area contributed by atoms with Crippen molar-refractivity contribution in [3.8, 4) is 0 Å². The number of anilines is 1. The topological polar surface area (TPSA) is 28.2 Å². The fourth-order valence-electron chi connectivity index (χ4n) is 3.65. The van der Waals surface area contributed by atoms with Gasteiger partial charge in [-0.25, -0.2) is 4.98 Å². The highest BCUT2D eigenvalue weighted by molar-refractivity contribution is 7.99. The lowest BCUT2D eigenvalue weighted by atomic mass is 10.0. The lowest BCUT2D eigenvalue weighted by Gasteiger charge is -2.35. The summed E-state index contributed by atoms with van der Waals surface area (Å²) >= 11 is 2.15. The Kier molecular flexibility index (Phi) is 5.42. The van der Waals surface area contributed by atoms with Crippen LogP contribution in [-0.4, -0.2) is 41.2 Å². The van der Waals surface area contributed by atoms with E-state index in [2.05, 4.69) is 46.0 Å². The number of aromatic nitrogens is 1. The number of piperidine rings is 1. The largest absolute Gasteiger partial charge is 0.357 e. The maximum Gasteiger partial charge on any atom is 0.128 e. The SMILES string of the molecule is CCSC1CCCC1NC1CCN(c2ccccn2)CC1. The fourth-order valence-corrected chi connectivity index (χ4v) is 4.86. The van der Waals surface area contributed by atoms with Gasteiger partial charge in [0.05, 0.1) is 0 Å². The van der Waals surface area contributed by atoms with Crippen molar-refractivity contribution in [3.63, 3.8) is 0 Å². The van der Waals surface area contributed by atoms with Gasteiger partial charge in [0, 0.05) is 36.6 Å². The van der Waals surface area contributed by atoms with Gasteiger partial charge >= 0.3 is 0 Å². The zero-order chi connectivity index (χ0) is 14.5. The summed E-state index contributed by atoms with van der Waals surface area (Å²) in [5, 5.41) is 4.81. The first-order valence-corrected chi connectivity index (χ1v) is 9.45. The van der Waals surface area contributed by atoms with Gasteiger partial charge in [-0.2, -0.15) is 11.8 Å². The molecule has 3 rings (SSSR count). The molecule has 21 heavy (non-hydrogen) atoms. The lowest BCUT2D eigenvalue weighted by Crippen LogP contribution is -2.48. The molecular weight excluding hydrogens is 278 g/mol. The zero-order valence-corrected chi connectivity index (χ0v) is 13.8. The number of thioether (sulfide) groups is 1. The van der Waals surface area contributed by atoms with Crippen molar-refractivity contribution in [3.05, 3.63) is 24.4 Å². The molecule has 2 atom stereocenters.